The SMILES string of the molecule is N#[N+]c1ncccn1. The summed E-state index contributed by atoms with van der Waals surface area (Å²) < 4.78 is 0. The first-order valence-corrected chi connectivity index (χ1v) is 2.05. The number of aromatic nitrogens is 2. The molecule has 0 amide bonds. The molecule has 0 saturated heterocycles. The van der Waals surface area contributed by atoms with E-state index in [9.17, 15) is 0 Å². The molecule has 0 aromatic carbocycles. The van der Waals surface area contributed by atoms with Gasteiger partial charge in [0.25, 0.3) is 0 Å². The third-order valence-corrected chi connectivity index (χ3v) is 0.642. The molecule has 1 rings (SSSR count). The Hall–Kier alpha value is -1.50. The molecule has 0 aliphatic rings. The predicted octanol–water partition coefficient (Wildman–Crippen LogP) is 0.961. The number of diazo groups is 1. The van der Waals surface area contributed by atoms with Gasteiger partial charge >= 0.3 is 5.95 Å². The van der Waals surface area contributed by atoms with Crippen LogP contribution in [0.15, 0.2) is 18.5 Å². The first kappa shape index (κ1) is 4.65. The van der Waals surface area contributed by atoms with E-state index < -0.39 is 0 Å². The van der Waals surface area contributed by atoms with Crippen LogP contribution in [0.3, 0.4) is 0 Å². The smallest absolute Gasteiger partial charge is 0.0590 e. The van der Waals surface area contributed by atoms with Crippen LogP contribution in [0.1, 0.15) is 0 Å². The van der Waals surface area contributed by atoms with Crippen LogP contribution < -0.4 is 0 Å². The Morgan fingerprint density at radius 2 is 2.00 bits per heavy atom. The quantitative estimate of drug-likeness (QED) is 0.464. The van der Waals surface area contributed by atoms with Crippen LogP contribution in [0, 0.1) is 5.39 Å². The highest BCUT2D eigenvalue weighted by atomic mass is 15.1. The summed E-state index contributed by atoms with van der Waals surface area (Å²) in [5.74, 6) is 0.0903. The van der Waals surface area contributed by atoms with Gasteiger partial charge in [-0.3, -0.25) is 0 Å². The lowest BCUT2D eigenvalue weighted by Gasteiger charge is -1.64. The Morgan fingerprint density at radius 1 is 1.38 bits per heavy atom. The predicted molar refractivity (Wildman–Crippen MR) is 26.8 cm³/mol. The number of nitrogens with zero attached hydrogens (tertiary/aromatic N) is 4. The Labute approximate surface area is 45.8 Å². The van der Waals surface area contributed by atoms with Crippen molar-refractivity contribution in [1.29, 1.82) is 5.39 Å². The molecule has 0 saturated carbocycles. The molecule has 1 heterocycles. The second kappa shape index (κ2) is 1.98. The van der Waals surface area contributed by atoms with E-state index >= 15 is 0 Å². The highest BCUT2D eigenvalue weighted by Gasteiger charge is 2.00. The molecule has 0 radical (unpaired) electrons. The normalized spacial score (nSPS) is 7.88. The van der Waals surface area contributed by atoms with Crippen molar-refractivity contribution in [2.24, 2.45) is 0 Å². The third-order valence-electron chi connectivity index (χ3n) is 0.642. The van der Waals surface area contributed by atoms with E-state index in [1.165, 1.54) is 12.4 Å². The third kappa shape index (κ3) is 0.763. The maximum Gasteiger partial charge on any atom is 0.561 e. The van der Waals surface area contributed by atoms with Gasteiger partial charge in [0.05, 0.1) is 5.39 Å². The Kier molecular flexibility index (Phi) is 1.15. The fourth-order valence-electron chi connectivity index (χ4n) is 0.343. The average molecular weight is 107 g/mol. The van der Waals surface area contributed by atoms with Gasteiger partial charge in [-0.05, 0) is 4.98 Å². The lowest BCUT2D eigenvalue weighted by molar-refractivity contribution is 1.18. The minimum absolute atomic E-state index is 0.0903. The molecule has 38 valence electrons. The average Bonchev–Trinajstić information content (AvgIpc) is 1.90. The summed E-state index contributed by atoms with van der Waals surface area (Å²) in [6.07, 6.45) is 3.00. The fraction of sp³-hybridized carbons (Fsp3) is 0. The van der Waals surface area contributed by atoms with E-state index in [0.29, 0.717) is 0 Å². The lowest BCUT2D eigenvalue weighted by Crippen LogP contribution is -1.72. The van der Waals surface area contributed by atoms with Crippen molar-refractivity contribution in [3.8, 4) is 0 Å². The monoisotopic (exact) mass is 107 g/mol. The second-order valence-corrected chi connectivity index (χ2v) is 1.15. The highest BCUT2D eigenvalue weighted by Crippen LogP contribution is 1.95. The summed E-state index contributed by atoms with van der Waals surface area (Å²) in [5.41, 5.74) is 0. The fourth-order valence-corrected chi connectivity index (χ4v) is 0.343. The number of hydrogen-bond donors (Lipinski definition) is 0. The lowest BCUT2D eigenvalue weighted by atomic mass is 10.7. The largest absolute Gasteiger partial charge is 0.561 e. The Bertz CT molecular complexity index is 199. The van der Waals surface area contributed by atoms with Crippen LogP contribution in [0.5, 0.6) is 0 Å². The van der Waals surface area contributed by atoms with E-state index in [-0.39, 0.29) is 5.95 Å². The van der Waals surface area contributed by atoms with Crippen molar-refractivity contribution in [2.45, 2.75) is 0 Å². The Morgan fingerprint density at radius 3 is 2.38 bits per heavy atom. The molecule has 4 nitrogen and oxygen atoms in total. The summed E-state index contributed by atoms with van der Waals surface area (Å²) in [4.78, 5) is 9.89. The van der Waals surface area contributed by atoms with Crippen LogP contribution in [0.25, 0.3) is 4.98 Å². The molecule has 8 heavy (non-hydrogen) atoms. The molecule has 0 N–H and O–H groups in total. The van der Waals surface area contributed by atoms with Gasteiger partial charge in [0.15, 0.2) is 0 Å². The summed E-state index contributed by atoms with van der Waals surface area (Å²) >= 11 is 0. The summed E-state index contributed by atoms with van der Waals surface area (Å²) in [6.45, 7) is 0. The summed E-state index contributed by atoms with van der Waals surface area (Å²) in [5, 5.41) is 8.04. The van der Waals surface area contributed by atoms with Crippen molar-refractivity contribution in [3.05, 3.63) is 23.4 Å². The van der Waals surface area contributed by atoms with Gasteiger partial charge in [-0.2, -0.15) is 0 Å². The first-order chi connectivity index (χ1) is 3.93. The van der Waals surface area contributed by atoms with Crippen LogP contribution >= 0.6 is 0 Å². The molecular formula is C4H3N4+. The standard InChI is InChI=1S/C4H3N4/c5-8-4-6-2-1-3-7-4/h1-3H/q+1. The van der Waals surface area contributed by atoms with E-state index in [0.717, 1.165) is 0 Å². The minimum Gasteiger partial charge on any atom is -0.0590 e. The zero-order valence-corrected chi connectivity index (χ0v) is 4.02. The highest BCUT2D eigenvalue weighted by molar-refractivity contribution is 5.20. The van der Waals surface area contributed by atoms with Crippen molar-refractivity contribution in [3.63, 3.8) is 0 Å². The molecule has 4 heteroatoms. The molecule has 0 bridgehead atoms. The van der Waals surface area contributed by atoms with Crippen molar-refractivity contribution < 1.29 is 0 Å². The van der Waals surface area contributed by atoms with Crippen LogP contribution in [0.4, 0.5) is 5.95 Å². The topological polar surface area (TPSA) is 53.9 Å². The second-order valence-electron chi connectivity index (χ2n) is 1.15. The van der Waals surface area contributed by atoms with Crippen molar-refractivity contribution in [2.75, 3.05) is 0 Å². The van der Waals surface area contributed by atoms with Gasteiger partial charge in [0, 0.05) is 6.07 Å². The summed E-state index contributed by atoms with van der Waals surface area (Å²) in [7, 11) is 0. The van der Waals surface area contributed by atoms with Gasteiger partial charge in [0.1, 0.15) is 12.4 Å². The molecule has 0 spiro atoms. The molecule has 0 atom stereocenters. The molecule has 1 aromatic heterocycles. The van der Waals surface area contributed by atoms with Crippen LogP contribution in [0.2, 0.25) is 0 Å². The van der Waals surface area contributed by atoms with Crippen molar-refractivity contribution in [1.82, 2.24) is 9.97 Å². The Balaban J connectivity index is 3.05. The van der Waals surface area contributed by atoms with Gasteiger partial charge < -0.3 is 0 Å². The van der Waals surface area contributed by atoms with Crippen LogP contribution in [-0.4, -0.2) is 9.97 Å². The van der Waals surface area contributed by atoms with Gasteiger partial charge in [-0.15, -0.1) is 0 Å². The van der Waals surface area contributed by atoms with E-state index in [2.05, 4.69) is 14.9 Å². The van der Waals surface area contributed by atoms with Crippen LogP contribution in [-0.2, 0) is 0 Å². The van der Waals surface area contributed by atoms with Gasteiger partial charge in [-0.25, -0.2) is 0 Å². The summed E-state index contributed by atoms with van der Waals surface area (Å²) in [6, 6.07) is 1.65. The molecule has 0 unspecified atom stereocenters. The van der Waals surface area contributed by atoms with E-state index in [4.69, 9.17) is 5.39 Å². The first-order valence-electron chi connectivity index (χ1n) is 2.05. The minimum atomic E-state index is 0.0903. The molecule has 0 aliphatic heterocycles. The van der Waals surface area contributed by atoms with Gasteiger partial charge in [-0.1, -0.05) is 9.97 Å². The number of rotatable bonds is 0. The maximum absolute atomic E-state index is 8.04. The molecule has 0 fully saturated rings. The molecular weight excluding hydrogens is 104 g/mol. The zero-order chi connectivity index (χ0) is 5.82. The van der Waals surface area contributed by atoms with E-state index in [1.54, 1.807) is 6.07 Å². The van der Waals surface area contributed by atoms with Gasteiger partial charge in [0.2, 0.25) is 0 Å². The molecule has 0 aliphatic carbocycles. The van der Waals surface area contributed by atoms with Crippen molar-refractivity contribution >= 4 is 5.95 Å². The number of hydrogen-bond acceptors (Lipinski definition) is 3. The molecule has 1 aromatic rings. The van der Waals surface area contributed by atoms with E-state index in [1.807, 2.05) is 0 Å². The zero-order valence-electron chi connectivity index (χ0n) is 4.02. The maximum atomic E-state index is 8.04.